The molecule has 1 fully saturated rings. The van der Waals surface area contributed by atoms with E-state index in [-0.39, 0.29) is 59.7 Å². The van der Waals surface area contributed by atoms with E-state index in [9.17, 15) is 62.7 Å². The third-order valence-corrected chi connectivity index (χ3v) is 11.6. The van der Waals surface area contributed by atoms with E-state index in [4.69, 9.17) is 10.5 Å². The molecule has 322 valence electrons. The molecule has 3 heterocycles. The van der Waals surface area contributed by atoms with Crippen molar-refractivity contribution >= 4 is 75.0 Å². The second-order valence-corrected chi connectivity index (χ2v) is 18.0. The normalized spacial score (nSPS) is 21.4. The number of hydrogen-bond acceptors (Lipinski definition) is 23. The zero-order chi connectivity index (χ0) is 42.8. The van der Waals surface area contributed by atoms with Crippen molar-refractivity contribution in [1.82, 2.24) is 35.5 Å². The first kappa shape index (κ1) is 48.4. The Bertz CT molecular complexity index is 1880. The van der Waals surface area contributed by atoms with Crippen LogP contribution in [0.3, 0.4) is 0 Å². The van der Waals surface area contributed by atoms with Crippen molar-refractivity contribution in [2.24, 2.45) is 5.41 Å². The molecule has 0 saturated carbocycles. The number of hydrogen-bond donors (Lipinski definition) is 6. The Hall–Kier alpha value is -2.97. The summed E-state index contributed by atoms with van der Waals surface area (Å²) in [6.07, 6.45) is -6.95. The predicted molar refractivity (Wildman–Crippen MR) is 186 cm³/mol. The molecule has 0 bridgehead atoms. The summed E-state index contributed by atoms with van der Waals surface area (Å²) in [6.45, 7) is 1.72. The number of imidazole rings is 1. The standard InChI is InChI=1S/C27H45N8O18P3S/c1-15(36)29-7-4-5-18(38)57-10-9-30-17(37)6-8-31-25(41)22(40)27(2,3)12-50-56(47,48)53-55(45,46)49-11-16-21(52-54(42,43)44)20(39)26(51-16)35-14-34-19-23(28)32-13-33-24(19)35/h13-14,16,20-22,26,39-40H,4-12H2,1-3H3,(H,29,36)(H,30,37)(H,31,41)(H,45,46)(H,47,48)(H2,28,32,33)(H2,42,43,44)/p-4/t16-,20-,21-,22+,26-/m1/s1. The number of ether oxygens (including phenoxy) is 1. The summed E-state index contributed by atoms with van der Waals surface area (Å²) in [5.74, 6) is -1.52. The third-order valence-electron chi connectivity index (χ3n) is 7.67. The van der Waals surface area contributed by atoms with Crippen LogP contribution >= 0.6 is 35.2 Å². The third kappa shape index (κ3) is 15.6. The van der Waals surface area contributed by atoms with Gasteiger partial charge in [-0.15, -0.1) is 0 Å². The number of carbonyl (C=O) groups is 4. The average molecular weight is 891 g/mol. The number of nitrogens with zero attached hydrogens (tertiary/aromatic N) is 4. The lowest BCUT2D eigenvalue weighted by molar-refractivity contribution is -0.347. The largest absolute Gasteiger partial charge is 0.790 e. The summed E-state index contributed by atoms with van der Waals surface area (Å²) in [4.78, 5) is 107. The van der Waals surface area contributed by atoms with Crippen LogP contribution in [0.1, 0.15) is 46.3 Å². The minimum atomic E-state index is -5.92. The molecule has 1 saturated heterocycles. The van der Waals surface area contributed by atoms with Crippen LogP contribution in [-0.2, 0) is 55.5 Å². The summed E-state index contributed by atoms with van der Waals surface area (Å²) < 4.78 is 60.4. The molecule has 0 aromatic carbocycles. The van der Waals surface area contributed by atoms with Crippen LogP contribution in [0.2, 0.25) is 0 Å². The van der Waals surface area contributed by atoms with Gasteiger partial charge in [0.25, 0.3) is 15.6 Å². The first-order chi connectivity index (χ1) is 26.4. The highest BCUT2D eigenvalue weighted by Crippen LogP contribution is 2.56. The van der Waals surface area contributed by atoms with Gasteiger partial charge in [0.05, 0.1) is 27.4 Å². The number of aromatic nitrogens is 4. The van der Waals surface area contributed by atoms with Gasteiger partial charge in [-0.05, 0) is 6.42 Å². The Morgan fingerprint density at radius 1 is 1.02 bits per heavy atom. The van der Waals surface area contributed by atoms with Crippen LogP contribution in [0, 0.1) is 5.41 Å². The van der Waals surface area contributed by atoms with Crippen molar-refractivity contribution in [3.8, 4) is 0 Å². The van der Waals surface area contributed by atoms with Crippen molar-refractivity contribution in [2.75, 3.05) is 44.3 Å². The lowest BCUT2D eigenvalue weighted by Crippen LogP contribution is -2.46. The number of phosphoric acid groups is 3. The number of amides is 3. The molecule has 7 atom stereocenters. The zero-order valence-electron chi connectivity index (χ0n) is 30.4. The maximum atomic E-state index is 12.5. The van der Waals surface area contributed by atoms with Gasteiger partial charge >= 0.3 is 0 Å². The molecule has 2 unspecified atom stereocenters. The highest BCUT2D eigenvalue weighted by Gasteiger charge is 2.47. The van der Waals surface area contributed by atoms with Crippen LogP contribution in [0.5, 0.6) is 0 Å². The number of thioether (sulfide) groups is 1. The molecule has 2 aromatic heterocycles. The SMILES string of the molecule is CC(=O)NCCCC(=O)SCCNC(=O)CCNC(=O)[C@H](O)C(C)(C)COP(=O)([O-])OP(=O)([O-])OC[C@H]1O[C@@H](n2cnc3c(N)ncnc32)[C@H](O)[C@@H]1OP(=O)([O-])[O-]. The van der Waals surface area contributed by atoms with Gasteiger partial charge in [-0.3, -0.25) is 32.9 Å². The number of aliphatic hydroxyl groups is 2. The average Bonchev–Trinajstić information content (AvgIpc) is 3.66. The number of nitrogens with one attached hydrogen (secondary N) is 3. The maximum Gasteiger partial charge on any atom is 0.274 e. The second-order valence-electron chi connectivity index (χ2n) is 12.8. The van der Waals surface area contributed by atoms with Gasteiger partial charge in [0.1, 0.15) is 36.3 Å². The summed E-state index contributed by atoms with van der Waals surface area (Å²) >= 11 is 1.00. The fraction of sp³-hybridized carbons (Fsp3) is 0.667. The van der Waals surface area contributed by atoms with E-state index >= 15 is 0 Å². The van der Waals surface area contributed by atoms with E-state index in [1.54, 1.807) is 0 Å². The van der Waals surface area contributed by atoms with Crippen molar-refractivity contribution in [3.05, 3.63) is 12.7 Å². The van der Waals surface area contributed by atoms with Crippen molar-refractivity contribution < 1.29 is 85.3 Å². The van der Waals surface area contributed by atoms with Crippen LogP contribution in [0.15, 0.2) is 12.7 Å². The minimum Gasteiger partial charge on any atom is -0.790 e. The Morgan fingerprint density at radius 3 is 2.37 bits per heavy atom. The van der Waals surface area contributed by atoms with Gasteiger partial charge in [0.2, 0.25) is 17.7 Å². The molecule has 0 spiro atoms. The number of phosphoric ester groups is 3. The highest BCUT2D eigenvalue weighted by atomic mass is 32.2. The summed E-state index contributed by atoms with van der Waals surface area (Å²) in [5, 5.41) is 28.6. The number of anilines is 1. The van der Waals surface area contributed by atoms with E-state index in [1.807, 2.05) is 0 Å². The monoisotopic (exact) mass is 890 g/mol. The lowest BCUT2D eigenvalue weighted by atomic mass is 9.87. The predicted octanol–water partition coefficient (Wildman–Crippen LogP) is -3.95. The fourth-order valence-corrected chi connectivity index (χ4v) is 8.30. The minimum absolute atomic E-state index is 0.0270. The first-order valence-corrected chi connectivity index (χ1v) is 22.0. The smallest absolute Gasteiger partial charge is 0.274 e. The Kier molecular flexibility index (Phi) is 17.7. The molecule has 2 aromatic rings. The van der Waals surface area contributed by atoms with E-state index in [0.29, 0.717) is 13.0 Å². The van der Waals surface area contributed by atoms with Crippen LogP contribution in [-0.4, -0.2) is 116 Å². The molecule has 1 aliphatic heterocycles. The van der Waals surface area contributed by atoms with Crippen LogP contribution in [0.25, 0.3) is 11.2 Å². The Morgan fingerprint density at radius 2 is 1.70 bits per heavy atom. The molecule has 0 radical (unpaired) electrons. The number of aliphatic hydroxyl groups excluding tert-OH is 2. The van der Waals surface area contributed by atoms with Gasteiger partial charge in [0, 0.05) is 50.6 Å². The van der Waals surface area contributed by atoms with Crippen molar-refractivity contribution in [1.29, 1.82) is 0 Å². The zero-order valence-corrected chi connectivity index (χ0v) is 33.9. The quantitative estimate of drug-likeness (QED) is 0.0458. The molecule has 1 aliphatic rings. The number of fused-ring (bicyclic) bond motifs is 1. The summed E-state index contributed by atoms with van der Waals surface area (Å²) in [7, 11) is -17.6. The fourth-order valence-electron chi connectivity index (χ4n) is 4.84. The first-order valence-electron chi connectivity index (χ1n) is 16.6. The Balaban J connectivity index is 1.46. The molecule has 7 N–H and O–H groups in total. The molecule has 26 nitrogen and oxygen atoms in total. The van der Waals surface area contributed by atoms with E-state index in [2.05, 4.69) is 48.8 Å². The van der Waals surface area contributed by atoms with E-state index < -0.39 is 84.6 Å². The van der Waals surface area contributed by atoms with Crippen LogP contribution < -0.4 is 41.3 Å². The van der Waals surface area contributed by atoms with E-state index in [1.165, 1.54) is 20.8 Å². The molecular formula is C27H41N8O18P3S-4. The molecule has 30 heteroatoms. The molecule has 57 heavy (non-hydrogen) atoms. The molecular weight excluding hydrogens is 849 g/mol. The maximum absolute atomic E-state index is 12.5. The van der Waals surface area contributed by atoms with Gasteiger partial charge in [-0.2, -0.15) is 0 Å². The van der Waals surface area contributed by atoms with Crippen molar-refractivity contribution in [3.63, 3.8) is 0 Å². The highest BCUT2D eigenvalue weighted by molar-refractivity contribution is 8.13. The summed E-state index contributed by atoms with van der Waals surface area (Å²) in [5.41, 5.74) is 4.04. The molecule has 3 rings (SSSR count). The lowest BCUT2D eigenvalue weighted by Gasteiger charge is -2.36. The second kappa shape index (κ2) is 20.8. The molecule has 0 aliphatic carbocycles. The van der Waals surface area contributed by atoms with Gasteiger partial charge in [0.15, 0.2) is 22.8 Å². The van der Waals surface area contributed by atoms with Gasteiger partial charge < -0.3 is 74.3 Å². The number of nitrogens with two attached hydrogens (primary N) is 1. The Labute approximate surface area is 328 Å². The van der Waals surface area contributed by atoms with Crippen LogP contribution in [0.4, 0.5) is 5.82 Å². The number of rotatable bonds is 23. The summed E-state index contributed by atoms with van der Waals surface area (Å²) in [6, 6.07) is 0. The van der Waals surface area contributed by atoms with E-state index in [0.717, 1.165) is 29.0 Å². The number of nitrogen functional groups attached to an aromatic ring is 1. The topological polar surface area (TPSA) is 404 Å². The molecule has 3 amide bonds. The number of carbonyl (C=O) groups excluding carboxylic acids is 4. The van der Waals surface area contributed by atoms with Gasteiger partial charge in [-0.1, -0.05) is 25.6 Å². The van der Waals surface area contributed by atoms with Crippen molar-refractivity contribution in [2.45, 2.75) is 70.7 Å². The van der Waals surface area contributed by atoms with Gasteiger partial charge in [-0.25, -0.2) is 19.3 Å².